The van der Waals surface area contributed by atoms with Gasteiger partial charge in [-0.3, -0.25) is 0 Å². The Morgan fingerprint density at radius 2 is 2.07 bits per heavy atom. The van der Waals surface area contributed by atoms with Gasteiger partial charge in [0.25, 0.3) is 0 Å². The fraction of sp³-hybridized carbons (Fsp3) is 0.182. The summed E-state index contributed by atoms with van der Waals surface area (Å²) in [4.78, 5) is 4.00. The molecule has 1 heterocycles. The molecule has 0 bridgehead atoms. The van der Waals surface area contributed by atoms with Crippen molar-refractivity contribution in [1.29, 1.82) is 0 Å². The van der Waals surface area contributed by atoms with Crippen LogP contribution >= 0.6 is 15.9 Å². The molecule has 1 aromatic heterocycles. The largest absolute Gasteiger partial charge is 0.493 e. The second kappa shape index (κ2) is 4.98. The van der Waals surface area contributed by atoms with Crippen molar-refractivity contribution in [3.63, 3.8) is 0 Å². The van der Waals surface area contributed by atoms with Crippen LogP contribution in [0, 0.1) is 0 Å². The van der Waals surface area contributed by atoms with E-state index in [1.54, 1.807) is 12.5 Å². The van der Waals surface area contributed by atoms with Crippen molar-refractivity contribution >= 4 is 15.9 Å². The third-order valence-electron chi connectivity index (χ3n) is 1.99. The number of aromatic nitrogens is 2. The monoisotopic (exact) mass is 266 g/mol. The van der Waals surface area contributed by atoms with Crippen LogP contribution in [-0.2, 0) is 0 Å². The minimum absolute atomic E-state index is 0.685. The molecule has 0 amide bonds. The maximum Gasteiger partial charge on any atom is 0.119 e. The average Bonchev–Trinajstić information content (AvgIpc) is 2.80. The molecule has 0 atom stereocenters. The van der Waals surface area contributed by atoms with Gasteiger partial charge < -0.3 is 9.30 Å². The van der Waals surface area contributed by atoms with Gasteiger partial charge in [-0.2, -0.15) is 0 Å². The molecule has 0 N–H and O–H groups in total. The summed E-state index contributed by atoms with van der Waals surface area (Å²) in [5, 5.41) is 0.844. The van der Waals surface area contributed by atoms with Crippen LogP contribution in [0.15, 0.2) is 43.0 Å². The Hall–Kier alpha value is -1.29. The highest BCUT2D eigenvalue weighted by atomic mass is 79.9. The van der Waals surface area contributed by atoms with Crippen LogP contribution in [0.5, 0.6) is 5.75 Å². The van der Waals surface area contributed by atoms with Crippen molar-refractivity contribution in [3.05, 3.63) is 43.0 Å². The highest BCUT2D eigenvalue weighted by molar-refractivity contribution is 9.09. The molecule has 0 saturated heterocycles. The minimum Gasteiger partial charge on any atom is -0.493 e. The third kappa shape index (κ3) is 2.59. The van der Waals surface area contributed by atoms with Crippen molar-refractivity contribution in [2.45, 2.75) is 0 Å². The Bertz CT molecular complexity index is 397. The van der Waals surface area contributed by atoms with E-state index in [9.17, 15) is 0 Å². The number of ether oxygens (including phenoxy) is 1. The smallest absolute Gasteiger partial charge is 0.119 e. The van der Waals surface area contributed by atoms with Gasteiger partial charge in [0.1, 0.15) is 5.75 Å². The van der Waals surface area contributed by atoms with Crippen molar-refractivity contribution < 1.29 is 4.74 Å². The molecule has 0 aliphatic heterocycles. The average molecular weight is 267 g/mol. The second-order valence-electron chi connectivity index (χ2n) is 3.00. The van der Waals surface area contributed by atoms with Crippen LogP contribution in [0.3, 0.4) is 0 Å². The van der Waals surface area contributed by atoms with Gasteiger partial charge in [-0.25, -0.2) is 4.98 Å². The lowest BCUT2D eigenvalue weighted by atomic mass is 10.3. The van der Waals surface area contributed by atoms with Gasteiger partial charge in [0.15, 0.2) is 0 Å². The molecule has 0 unspecified atom stereocenters. The zero-order chi connectivity index (χ0) is 10.5. The minimum atomic E-state index is 0.685. The summed E-state index contributed by atoms with van der Waals surface area (Å²) < 4.78 is 7.41. The Kier molecular flexibility index (Phi) is 3.40. The van der Waals surface area contributed by atoms with E-state index < -0.39 is 0 Å². The SMILES string of the molecule is BrCCOc1ccc(-n2ccnc2)cc1. The normalized spacial score (nSPS) is 10.2. The fourth-order valence-electron chi connectivity index (χ4n) is 1.28. The number of nitrogens with zero attached hydrogens (tertiary/aromatic N) is 2. The first-order chi connectivity index (χ1) is 7.40. The standard InChI is InChI=1S/C11H11BrN2O/c12-5-8-15-11-3-1-10(2-4-11)14-7-6-13-9-14/h1-4,6-7,9H,5,8H2. The number of alkyl halides is 1. The third-order valence-corrected chi connectivity index (χ3v) is 2.31. The number of halogens is 1. The highest BCUT2D eigenvalue weighted by Gasteiger charge is 1.96. The summed E-state index contributed by atoms with van der Waals surface area (Å²) in [5.41, 5.74) is 1.08. The summed E-state index contributed by atoms with van der Waals surface area (Å²) in [6.45, 7) is 0.685. The maximum atomic E-state index is 5.46. The van der Waals surface area contributed by atoms with E-state index in [1.807, 2.05) is 35.0 Å². The predicted octanol–water partition coefficient (Wildman–Crippen LogP) is 2.65. The molecule has 0 saturated carbocycles. The van der Waals surface area contributed by atoms with Crippen molar-refractivity contribution in [1.82, 2.24) is 9.55 Å². The summed E-state index contributed by atoms with van der Waals surface area (Å²) in [5.74, 6) is 0.887. The Morgan fingerprint density at radius 1 is 1.27 bits per heavy atom. The number of rotatable bonds is 4. The quantitative estimate of drug-likeness (QED) is 0.796. The number of benzene rings is 1. The van der Waals surface area contributed by atoms with Crippen molar-refractivity contribution in [2.75, 3.05) is 11.9 Å². The molecular weight excluding hydrogens is 256 g/mol. The number of hydrogen-bond acceptors (Lipinski definition) is 2. The van der Waals surface area contributed by atoms with E-state index in [0.717, 1.165) is 16.8 Å². The lowest BCUT2D eigenvalue weighted by molar-refractivity contribution is 0.345. The molecule has 2 rings (SSSR count). The molecule has 0 spiro atoms. The first-order valence-electron chi connectivity index (χ1n) is 4.67. The Balaban J connectivity index is 2.11. The van der Waals surface area contributed by atoms with Crippen LogP contribution in [-0.4, -0.2) is 21.5 Å². The van der Waals surface area contributed by atoms with Gasteiger partial charge in [-0.15, -0.1) is 0 Å². The van der Waals surface area contributed by atoms with Crippen LogP contribution in [0.1, 0.15) is 0 Å². The van der Waals surface area contributed by atoms with Gasteiger partial charge in [-0.1, -0.05) is 15.9 Å². The molecule has 4 heteroatoms. The van der Waals surface area contributed by atoms with E-state index in [1.165, 1.54) is 0 Å². The predicted molar refractivity (Wildman–Crippen MR) is 62.9 cm³/mol. The van der Waals surface area contributed by atoms with Crippen LogP contribution < -0.4 is 4.74 Å². The van der Waals surface area contributed by atoms with Gasteiger partial charge in [0.2, 0.25) is 0 Å². The second-order valence-corrected chi connectivity index (χ2v) is 3.79. The summed E-state index contributed by atoms with van der Waals surface area (Å²) >= 11 is 3.32. The van der Waals surface area contributed by atoms with E-state index >= 15 is 0 Å². The molecular formula is C11H11BrN2O. The van der Waals surface area contributed by atoms with E-state index in [0.29, 0.717) is 6.61 Å². The summed E-state index contributed by atoms with van der Waals surface area (Å²) in [7, 11) is 0. The molecule has 0 radical (unpaired) electrons. The fourth-order valence-corrected chi connectivity index (χ4v) is 1.44. The van der Waals surface area contributed by atoms with Crippen LogP contribution in [0.2, 0.25) is 0 Å². The van der Waals surface area contributed by atoms with E-state index in [2.05, 4.69) is 20.9 Å². The summed E-state index contributed by atoms with van der Waals surface area (Å²) in [6, 6.07) is 7.92. The topological polar surface area (TPSA) is 27.1 Å². The number of hydrogen-bond donors (Lipinski definition) is 0. The first kappa shape index (κ1) is 10.2. The zero-order valence-electron chi connectivity index (χ0n) is 8.14. The Morgan fingerprint density at radius 3 is 2.67 bits per heavy atom. The molecule has 0 aliphatic carbocycles. The molecule has 3 nitrogen and oxygen atoms in total. The van der Waals surface area contributed by atoms with Crippen molar-refractivity contribution in [2.24, 2.45) is 0 Å². The maximum absolute atomic E-state index is 5.46. The molecule has 0 aliphatic rings. The molecule has 2 aromatic rings. The van der Waals surface area contributed by atoms with Gasteiger partial charge >= 0.3 is 0 Å². The molecule has 0 fully saturated rings. The van der Waals surface area contributed by atoms with Gasteiger partial charge in [-0.05, 0) is 24.3 Å². The molecule has 1 aromatic carbocycles. The van der Waals surface area contributed by atoms with Gasteiger partial charge in [0.05, 0.1) is 12.9 Å². The van der Waals surface area contributed by atoms with E-state index in [4.69, 9.17) is 4.74 Å². The highest BCUT2D eigenvalue weighted by Crippen LogP contribution is 2.14. The van der Waals surface area contributed by atoms with Crippen LogP contribution in [0.4, 0.5) is 0 Å². The lowest BCUT2D eigenvalue weighted by Gasteiger charge is -2.05. The number of imidazole rings is 1. The lowest BCUT2D eigenvalue weighted by Crippen LogP contribution is -1.97. The van der Waals surface area contributed by atoms with Crippen molar-refractivity contribution in [3.8, 4) is 11.4 Å². The Labute approximate surface area is 96.8 Å². The summed E-state index contributed by atoms with van der Waals surface area (Å²) in [6.07, 6.45) is 5.44. The molecule has 78 valence electrons. The molecule has 15 heavy (non-hydrogen) atoms. The van der Waals surface area contributed by atoms with Crippen LogP contribution in [0.25, 0.3) is 5.69 Å². The first-order valence-corrected chi connectivity index (χ1v) is 5.79. The van der Waals surface area contributed by atoms with E-state index in [-0.39, 0.29) is 0 Å². The zero-order valence-corrected chi connectivity index (χ0v) is 9.72. The van der Waals surface area contributed by atoms with Gasteiger partial charge in [0, 0.05) is 23.4 Å².